The summed E-state index contributed by atoms with van der Waals surface area (Å²) in [7, 11) is 3.37. The quantitative estimate of drug-likeness (QED) is 0.782. The second-order valence-electron chi connectivity index (χ2n) is 5.88. The molecule has 2 unspecified atom stereocenters. The van der Waals surface area contributed by atoms with Crippen molar-refractivity contribution < 1.29 is 9.47 Å². The lowest BCUT2D eigenvalue weighted by atomic mass is 9.96. The van der Waals surface area contributed by atoms with Crippen molar-refractivity contribution in [3.8, 4) is 12.3 Å². The first kappa shape index (κ1) is 16.3. The fourth-order valence-corrected chi connectivity index (χ4v) is 2.85. The average molecular weight is 323 g/mol. The van der Waals surface area contributed by atoms with E-state index in [1.807, 2.05) is 35.2 Å². The fraction of sp³-hybridized carbons (Fsp3) is 0.368. The van der Waals surface area contributed by atoms with Crippen molar-refractivity contribution in [3.05, 3.63) is 53.6 Å². The molecule has 124 valence electrons. The number of hydrogen-bond donors (Lipinski definition) is 0. The van der Waals surface area contributed by atoms with E-state index in [2.05, 4.69) is 22.3 Å². The van der Waals surface area contributed by atoms with Gasteiger partial charge in [-0.05, 0) is 29.7 Å². The highest BCUT2D eigenvalue weighted by molar-refractivity contribution is 5.72. The van der Waals surface area contributed by atoms with Crippen LogP contribution in [0.5, 0.6) is 0 Å². The Morgan fingerprint density at radius 2 is 2.29 bits per heavy atom. The molecule has 1 heterocycles. The second-order valence-corrected chi connectivity index (χ2v) is 5.88. The third-order valence-electron chi connectivity index (χ3n) is 4.21. The molecule has 0 aliphatic heterocycles. The molecule has 0 spiro atoms. The predicted octanol–water partition coefficient (Wildman–Crippen LogP) is 2.75. The number of aromatic nitrogens is 3. The van der Waals surface area contributed by atoms with E-state index >= 15 is 0 Å². The molecule has 2 atom stereocenters. The first-order chi connectivity index (χ1) is 11.7. The van der Waals surface area contributed by atoms with Crippen molar-refractivity contribution in [2.75, 3.05) is 14.2 Å². The molecule has 24 heavy (non-hydrogen) atoms. The smallest absolute Gasteiger partial charge is 0.117 e. The van der Waals surface area contributed by atoms with E-state index in [9.17, 15) is 0 Å². The summed E-state index contributed by atoms with van der Waals surface area (Å²) in [4.78, 5) is 0. The number of methoxy groups -OCH3 is 2. The molecule has 0 radical (unpaired) electrons. The van der Waals surface area contributed by atoms with Crippen LogP contribution >= 0.6 is 0 Å². The molecule has 5 heteroatoms. The van der Waals surface area contributed by atoms with Crippen LogP contribution in [0.3, 0.4) is 0 Å². The van der Waals surface area contributed by atoms with E-state index < -0.39 is 0 Å². The highest BCUT2D eigenvalue weighted by Crippen LogP contribution is 2.24. The topological polar surface area (TPSA) is 49.2 Å². The van der Waals surface area contributed by atoms with Gasteiger partial charge in [0, 0.05) is 19.4 Å². The van der Waals surface area contributed by atoms with E-state index in [4.69, 9.17) is 15.9 Å². The Labute approximate surface area is 142 Å². The number of hydrogen-bond acceptors (Lipinski definition) is 4. The number of terminal acetylenes is 1. The lowest BCUT2D eigenvalue weighted by Gasteiger charge is -2.20. The minimum atomic E-state index is 0.0348. The third kappa shape index (κ3) is 3.66. The van der Waals surface area contributed by atoms with Gasteiger partial charge in [-0.25, -0.2) is 4.68 Å². The monoisotopic (exact) mass is 323 g/mol. The normalized spacial score (nSPS) is 23.1. The number of allylic oxidation sites excluding steroid dienone is 5. The van der Waals surface area contributed by atoms with Crippen LogP contribution in [0, 0.1) is 18.3 Å². The first-order valence-corrected chi connectivity index (χ1v) is 7.95. The van der Waals surface area contributed by atoms with Gasteiger partial charge < -0.3 is 9.47 Å². The van der Waals surface area contributed by atoms with Crippen molar-refractivity contribution in [3.63, 3.8) is 0 Å². The zero-order chi connectivity index (χ0) is 16.9. The Hall–Kier alpha value is -2.58. The molecule has 1 aromatic heterocycles. The summed E-state index contributed by atoms with van der Waals surface area (Å²) < 4.78 is 12.6. The van der Waals surface area contributed by atoms with Crippen LogP contribution in [0.1, 0.15) is 18.5 Å². The van der Waals surface area contributed by atoms with Gasteiger partial charge in [0.05, 0.1) is 26.0 Å². The summed E-state index contributed by atoms with van der Waals surface area (Å²) in [5, 5.41) is 8.51. The lowest BCUT2D eigenvalue weighted by Crippen LogP contribution is -2.16. The summed E-state index contributed by atoms with van der Waals surface area (Å²) in [6.45, 7) is 0.664. The molecule has 0 fully saturated rings. The van der Waals surface area contributed by atoms with Crippen LogP contribution in [0.4, 0.5) is 0 Å². The third-order valence-corrected chi connectivity index (χ3v) is 4.21. The highest BCUT2D eigenvalue weighted by Gasteiger charge is 2.17. The maximum absolute atomic E-state index is 5.45. The molecule has 2 aliphatic rings. The van der Waals surface area contributed by atoms with Crippen LogP contribution in [0.15, 0.2) is 47.9 Å². The molecule has 0 saturated heterocycles. The van der Waals surface area contributed by atoms with Gasteiger partial charge in [0.15, 0.2) is 0 Å². The molecule has 0 amide bonds. The fourth-order valence-electron chi connectivity index (χ4n) is 2.85. The predicted molar refractivity (Wildman–Crippen MR) is 92.7 cm³/mol. The Morgan fingerprint density at radius 3 is 2.96 bits per heavy atom. The van der Waals surface area contributed by atoms with Gasteiger partial charge in [-0.1, -0.05) is 29.4 Å². The Kier molecular flexibility index (Phi) is 4.97. The van der Waals surface area contributed by atoms with Crippen molar-refractivity contribution in [1.29, 1.82) is 0 Å². The van der Waals surface area contributed by atoms with Crippen molar-refractivity contribution in [2.45, 2.75) is 25.5 Å². The molecule has 3 rings (SSSR count). The standard InChI is InChI=1S/C19H21N3O2/c1-4-14-5-7-16(8-6-14)19-13-22(21-20-19)12-15-9-17(23-2)11-18(10-15)24-3/h1,5,7-9,11,13-14,18H,6,10,12H2,2-3H3. The number of rotatable bonds is 5. The number of nitrogens with zero attached hydrogens (tertiary/aromatic N) is 3. The van der Waals surface area contributed by atoms with Crippen LogP contribution in [-0.2, 0) is 16.0 Å². The molecular weight excluding hydrogens is 302 g/mol. The van der Waals surface area contributed by atoms with Gasteiger partial charge in [-0.3, -0.25) is 0 Å². The van der Waals surface area contributed by atoms with E-state index in [1.54, 1.807) is 14.2 Å². The van der Waals surface area contributed by atoms with Crippen LogP contribution in [-0.4, -0.2) is 35.3 Å². The average Bonchev–Trinajstić information content (AvgIpc) is 3.09. The molecule has 2 aliphatic carbocycles. The van der Waals surface area contributed by atoms with Crippen molar-refractivity contribution >= 4 is 5.57 Å². The van der Waals surface area contributed by atoms with Gasteiger partial charge in [-0.15, -0.1) is 11.5 Å². The summed E-state index contributed by atoms with van der Waals surface area (Å²) in [6.07, 6.45) is 19.3. The Balaban J connectivity index is 1.70. The molecule has 0 bridgehead atoms. The minimum Gasteiger partial charge on any atom is -0.497 e. The molecule has 0 N–H and O–H groups in total. The largest absolute Gasteiger partial charge is 0.497 e. The van der Waals surface area contributed by atoms with Gasteiger partial charge in [0.1, 0.15) is 11.5 Å². The van der Waals surface area contributed by atoms with Crippen LogP contribution in [0.25, 0.3) is 5.57 Å². The molecule has 0 saturated carbocycles. The first-order valence-electron chi connectivity index (χ1n) is 7.95. The van der Waals surface area contributed by atoms with Crippen LogP contribution in [0.2, 0.25) is 0 Å². The Bertz CT molecular complexity index is 762. The van der Waals surface area contributed by atoms with Crippen molar-refractivity contribution in [2.24, 2.45) is 5.92 Å². The van der Waals surface area contributed by atoms with Gasteiger partial charge in [-0.2, -0.15) is 0 Å². The minimum absolute atomic E-state index is 0.0348. The SMILES string of the molecule is C#CC1C=CC(c2cn(CC3=CC(OC)=CC(OC)C3)nn2)=CC1. The van der Waals surface area contributed by atoms with Gasteiger partial charge in [0.2, 0.25) is 0 Å². The van der Waals surface area contributed by atoms with Gasteiger partial charge in [0.25, 0.3) is 0 Å². The van der Waals surface area contributed by atoms with Gasteiger partial charge >= 0.3 is 0 Å². The highest BCUT2D eigenvalue weighted by atomic mass is 16.5. The van der Waals surface area contributed by atoms with Crippen molar-refractivity contribution in [1.82, 2.24) is 15.0 Å². The maximum Gasteiger partial charge on any atom is 0.117 e. The van der Waals surface area contributed by atoms with E-state index in [0.29, 0.717) is 6.54 Å². The Morgan fingerprint density at radius 1 is 1.42 bits per heavy atom. The lowest BCUT2D eigenvalue weighted by molar-refractivity contribution is 0.132. The number of ether oxygens (including phenoxy) is 2. The molecule has 5 nitrogen and oxygen atoms in total. The molecule has 1 aromatic rings. The molecule has 0 aromatic carbocycles. The molecular formula is C19H21N3O2. The zero-order valence-electron chi connectivity index (χ0n) is 14.0. The summed E-state index contributed by atoms with van der Waals surface area (Å²) in [5.41, 5.74) is 3.12. The van der Waals surface area contributed by atoms with E-state index in [1.165, 1.54) is 5.57 Å². The second kappa shape index (κ2) is 7.33. The zero-order valence-corrected chi connectivity index (χ0v) is 14.0. The maximum atomic E-state index is 5.45. The van der Waals surface area contributed by atoms with E-state index in [0.717, 1.165) is 29.9 Å². The summed E-state index contributed by atoms with van der Waals surface area (Å²) in [6, 6.07) is 0. The van der Waals surface area contributed by atoms with E-state index in [-0.39, 0.29) is 12.0 Å². The summed E-state index contributed by atoms with van der Waals surface area (Å²) >= 11 is 0. The van der Waals surface area contributed by atoms with Crippen LogP contribution < -0.4 is 0 Å². The summed E-state index contributed by atoms with van der Waals surface area (Å²) in [5.74, 6) is 3.75.